The van der Waals surface area contributed by atoms with Gasteiger partial charge in [-0.2, -0.15) is 0 Å². The average molecular weight is 232 g/mol. The van der Waals surface area contributed by atoms with E-state index >= 15 is 0 Å². The molecule has 2 aromatic heterocycles. The number of aromatic nitrogens is 4. The lowest BCUT2D eigenvalue weighted by Crippen LogP contribution is -2.10. The third kappa shape index (κ3) is 2.00. The lowest BCUT2D eigenvalue weighted by atomic mass is 10.3. The molecule has 0 spiro atoms. The summed E-state index contributed by atoms with van der Waals surface area (Å²) in [7, 11) is 0. The Morgan fingerprint density at radius 3 is 2.76 bits per heavy atom. The summed E-state index contributed by atoms with van der Waals surface area (Å²) in [5.74, 6) is 0.909. The van der Waals surface area contributed by atoms with Gasteiger partial charge in [0.05, 0.1) is 6.54 Å². The van der Waals surface area contributed by atoms with E-state index < -0.39 is 0 Å². The molecule has 0 aromatic carbocycles. The highest BCUT2D eigenvalue weighted by atomic mass is 16.1. The molecular formula is C12H16N4O. The molecule has 0 saturated heterocycles. The van der Waals surface area contributed by atoms with Crippen LogP contribution in [-0.2, 0) is 13.1 Å². The minimum Gasteiger partial charge on any atom is -0.341 e. The van der Waals surface area contributed by atoms with Crippen molar-refractivity contribution in [3.63, 3.8) is 0 Å². The summed E-state index contributed by atoms with van der Waals surface area (Å²) in [6.07, 6.45) is 2.62. The molecule has 0 fully saturated rings. The first-order chi connectivity index (χ1) is 8.17. The fourth-order valence-corrected chi connectivity index (χ4v) is 2.00. The maximum absolute atomic E-state index is 10.9. The van der Waals surface area contributed by atoms with Crippen LogP contribution in [0.1, 0.15) is 34.5 Å². The highest BCUT2D eigenvalue weighted by Crippen LogP contribution is 2.14. The van der Waals surface area contributed by atoms with Crippen molar-refractivity contribution >= 4 is 6.29 Å². The Labute approximate surface area is 100 Å². The zero-order chi connectivity index (χ0) is 12.4. The Morgan fingerprint density at radius 1 is 1.41 bits per heavy atom. The van der Waals surface area contributed by atoms with Gasteiger partial charge in [-0.25, -0.2) is 0 Å². The molecule has 17 heavy (non-hydrogen) atoms. The number of aryl methyl sites for hydroxylation is 2. The molecule has 2 rings (SSSR count). The standard InChI is InChI=1S/C12H16N4O/c1-4-15-8-13-14-12(15)6-16-9(2)5-11(7-17)10(16)3/h5,7-8H,4,6H2,1-3H3. The Balaban J connectivity index is 2.36. The fraction of sp³-hybridized carbons (Fsp3) is 0.417. The number of hydrogen-bond donors (Lipinski definition) is 0. The SMILES string of the molecule is CCn1cnnc1Cn1c(C)cc(C=O)c1C. The van der Waals surface area contributed by atoms with Crippen LogP contribution in [0, 0.1) is 13.8 Å². The van der Waals surface area contributed by atoms with Gasteiger partial charge in [-0.15, -0.1) is 10.2 Å². The summed E-state index contributed by atoms with van der Waals surface area (Å²) in [5.41, 5.74) is 2.78. The molecular weight excluding hydrogens is 216 g/mol. The number of rotatable bonds is 4. The van der Waals surface area contributed by atoms with Crippen LogP contribution in [0.5, 0.6) is 0 Å². The van der Waals surface area contributed by atoms with E-state index in [1.807, 2.05) is 24.5 Å². The van der Waals surface area contributed by atoms with Gasteiger partial charge in [0.1, 0.15) is 6.33 Å². The molecule has 0 N–H and O–H groups in total. The molecule has 0 aliphatic rings. The third-order valence-electron chi connectivity index (χ3n) is 3.08. The van der Waals surface area contributed by atoms with Crippen molar-refractivity contribution in [1.29, 1.82) is 0 Å². The lowest BCUT2D eigenvalue weighted by molar-refractivity contribution is 0.112. The molecule has 5 heteroatoms. The van der Waals surface area contributed by atoms with E-state index in [9.17, 15) is 4.79 Å². The first-order valence-corrected chi connectivity index (χ1v) is 5.66. The van der Waals surface area contributed by atoms with Crippen molar-refractivity contribution < 1.29 is 4.79 Å². The van der Waals surface area contributed by atoms with Crippen molar-refractivity contribution in [1.82, 2.24) is 19.3 Å². The lowest BCUT2D eigenvalue weighted by Gasteiger charge is -2.09. The first kappa shape index (κ1) is 11.6. The van der Waals surface area contributed by atoms with Crippen LogP contribution >= 0.6 is 0 Å². The van der Waals surface area contributed by atoms with Gasteiger partial charge in [-0.3, -0.25) is 4.79 Å². The van der Waals surface area contributed by atoms with Crippen LogP contribution in [0.25, 0.3) is 0 Å². The highest BCUT2D eigenvalue weighted by molar-refractivity contribution is 5.77. The Morgan fingerprint density at radius 2 is 2.18 bits per heavy atom. The molecule has 5 nitrogen and oxygen atoms in total. The maximum atomic E-state index is 10.9. The van der Waals surface area contributed by atoms with Gasteiger partial charge in [-0.1, -0.05) is 0 Å². The molecule has 0 radical (unpaired) electrons. The summed E-state index contributed by atoms with van der Waals surface area (Å²) in [5, 5.41) is 8.01. The number of aldehydes is 1. The van der Waals surface area contributed by atoms with E-state index in [-0.39, 0.29) is 0 Å². The molecule has 0 aliphatic heterocycles. The number of carbonyl (C=O) groups excluding carboxylic acids is 1. The van der Waals surface area contributed by atoms with Crippen molar-refractivity contribution in [2.24, 2.45) is 0 Å². The minimum atomic E-state index is 0.652. The molecule has 0 unspecified atom stereocenters. The first-order valence-electron chi connectivity index (χ1n) is 5.66. The van der Waals surface area contributed by atoms with Gasteiger partial charge >= 0.3 is 0 Å². The Hall–Kier alpha value is -1.91. The van der Waals surface area contributed by atoms with Gasteiger partial charge in [0.15, 0.2) is 12.1 Å². The predicted molar refractivity (Wildman–Crippen MR) is 64.1 cm³/mol. The van der Waals surface area contributed by atoms with Gasteiger partial charge < -0.3 is 9.13 Å². The number of hydrogen-bond acceptors (Lipinski definition) is 3. The molecule has 0 aliphatic carbocycles. The van der Waals surface area contributed by atoms with Crippen LogP contribution in [0.15, 0.2) is 12.4 Å². The van der Waals surface area contributed by atoms with E-state index in [1.54, 1.807) is 6.33 Å². The van der Waals surface area contributed by atoms with Crippen LogP contribution < -0.4 is 0 Å². The van der Waals surface area contributed by atoms with Gasteiger partial charge in [-0.05, 0) is 26.8 Å². The topological polar surface area (TPSA) is 52.7 Å². The molecule has 0 atom stereocenters. The van der Waals surface area contributed by atoms with Crippen molar-refractivity contribution in [2.75, 3.05) is 0 Å². The van der Waals surface area contributed by atoms with E-state index in [2.05, 4.69) is 21.7 Å². The predicted octanol–water partition coefficient (Wildman–Crippen LogP) is 1.58. The van der Waals surface area contributed by atoms with E-state index in [0.717, 1.165) is 35.6 Å². The van der Waals surface area contributed by atoms with Crippen LogP contribution in [0.4, 0.5) is 0 Å². The second-order valence-corrected chi connectivity index (χ2v) is 4.06. The summed E-state index contributed by atoms with van der Waals surface area (Å²) in [6, 6.07) is 1.90. The molecule has 90 valence electrons. The number of carbonyl (C=O) groups is 1. The zero-order valence-corrected chi connectivity index (χ0v) is 10.3. The van der Waals surface area contributed by atoms with Crippen LogP contribution in [0.3, 0.4) is 0 Å². The highest BCUT2D eigenvalue weighted by Gasteiger charge is 2.11. The van der Waals surface area contributed by atoms with Crippen molar-refractivity contribution in [3.05, 3.63) is 35.2 Å². The van der Waals surface area contributed by atoms with Crippen molar-refractivity contribution in [2.45, 2.75) is 33.9 Å². The Bertz CT molecular complexity index is 539. The van der Waals surface area contributed by atoms with Gasteiger partial charge in [0.25, 0.3) is 0 Å². The van der Waals surface area contributed by atoms with E-state index in [0.29, 0.717) is 6.54 Å². The van der Waals surface area contributed by atoms with Gasteiger partial charge in [0.2, 0.25) is 0 Å². The quantitative estimate of drug-likeness (QED) is 0.752. The second-order valence-electron chi connectivity index (χ2n) is 4.06. The Kier molecular flexibility index (Phi) is 3.08. The van der Waals surface area contributed by atoms with Crippen molar-refractivity contribution in [3.8, 4) is 0 Å². The summed E-state index contributed by atoms with van der Waals surface area (Å²) in [4.78, 5) is 10.9. The largest absolute Gasteiger partial charge is 0.341 e. The zero-order valence-electron chi connectivity index (χ0n) is 10.3. The monoisotopic (exact) mass is 232 g/mol. The molecule has 0 bridgehead atoms. The summed E-state index contributed by atoms with van der Waals surface area (Å²) < 4.78 is 4.08. The third-order valence-corrected chi connectivity index (χ3v) is 3.08. The number of nitrogens with zero attached hydrogens (tertiary/aromatic N) is 4. The van der Waals surface area contributed by atoms with E-state index in [1.165, 1.54) is 0 Å². The summed E-state index contributed by atoms with van der Waals surface area (Å²) >= 11 is 0. The molecule has 2 aromatic rings. The minimum absolute atomic E-state index is 0.652. The van der Waals surface area contributed by atoms with Crippen LogP contribution in [0.2, 0.25) is 0 Å². The maximum Gasteiger partial charge on any atom is 0.152 e. The molecule has 0 amide bonds. The van der Waals surface area contributed by atoms with E-state index in [4.69, 9.17) is 0 Å². The summed E-state index contributed by atoms with van der Waals surface area (Å²) in [6.45, 7) is 7.50. The normalized spacial score (nSPS) is 10.8. The smallest absolute Gasteiger partial charge is 0.152 e. The molecule has 0 saturated carbocycles. The average Bonchev–Trinajstić information content (AvgIpc) is 2.88. The van der Waals surface area contributed by atoms with Crippen LogP contribution in [-0.4, -0.2) is 25.6 Å². The molecule has 2 heterocycles. The van der Waals surface area contributed by atoms with Gasteiger partial charge in [0, 0.05) is 23.5 Å². The fourth-order valence-electron chi connectivity index (χ4n) is 2.00. The second kappa shape index (κ2) is 4.53.